The molecule has 0 saturated carbocycles. The molecule has 4 rings (SSSR count). The van der Waals surface area contributed by atoms with E-state index < -0.39 is 0 Å². The van der Waals surface area contributed by atoms with E-state index in [2.05, 4.69) is 36.5 Å². The van der Waals surface area contributed by atoms with Crippen molar-refractivity contribution in [1.29, 1.82) is 0 Å². The number of carbonyl (C=O) groups excluding carboxylic acids is 2. The molecule has 6 nitrogen and oxygen atoms in total. The number of nitrogens with zero attached hydrogens (tertiary/aromatic N) is 2. The van der Waals surface area contributed by atoms with E-state index in [0.29, 0.717) is 18.8 Å². The van der Waals surface area contributed by atoms with Crippen LogP contribution in [0.15, 0.2) is 72.8 Å². The first-order chi connectivity index (χ1) is 16.0. The summed E-state index contributed by atoms with van der Waals surface area (Å²) in [4.78, 5) is 29.4. The van der Waals surface area contributed by atoms with Crippen LogP contribution in [0, 0.1) is 6.92 Å². The van der Waals surface area contributed by atoms with Crippen molar-refractivity contribution >= 4 is 23.3 Å². The molecular formula is C27H29N3O3. The normalized spacial score (nSPS) is 13.7. The first kappa shape index (κ1) is 22.4. The Bertz CT molecular complexity index is 1130. The molecule has 1 aliphatic heterocycles. The molecule has 6 heteroatoms. The van der Waals surface area contributed by atoms with Crippen LogP contribution in [-0.4, -0.2) is 37.0 Å². The van der Waals surface area contributed by atoms with E-state index in [1.807, 2.05) is 53.4 Å². The summed E-state index contributed by atoms with van der Waals surface area (Å²) in [5.74, 6) is 0.604. The minimum absolute atomic E-state index is 0.0123. The van der Waals surface area contributed by atoms with E-state index in [-0.39, 0.29) is 18.4 Å². The van der Waals surface area contributed by atoms with E-state index in [0.717, 1.165) is 35.5 Å². The molecular weight excluding hydrogens is 414 g/mol. The van der Waals surface area contributed by atoms with Gasteiger partial charge in [0.2, 0.25) is 5.91 Å². The predicted molar refractivity (Wildman–Crippen MR) is 131 cm³/mol. The van der Waals surface area contributed by atoms with Crippen LogP contribution >= 0.6 is 0 Å². The van der Waals surface area contributed by atoms with Crippen molar-refractivity contribution in [2.75, 3.05) is 30.4 Å². The molecule has 0 aliphatic carbocycles. The summed E-state index contributed by atoms with van der Waals surface area (Å²) in [6.07, 6.45) is 1.14. The maximum atomic E-state index is 13.2. The van der Waals surface area contributed by atoms with Crippen LogP contribution < -0.4 is 15.0 Å². The maximum absolute atomic E-state index is 13.2. The van der Waals surface area contributed by atoms with Crippen LogP contribution in [0.25, 0.3) is 0 Å². The second-order valence-corrected chi connectivity index (χ2v) is 8.32. The molecule has 1 aliphatic rings. The zero-order chi connectivity index (χ0) is 23.2. The van der Waals surface area contributed by atoms with Crippen molar-refractivity contribution in [3.8, 4) is 5.75 Å². The summed E-state index contributed by atoms with van der Waals surface area (Å²) >= 11 is 0. The number of urea groups is 1. The van der Waals surface area contributed by atoms with Crippen molar-refractivity contribution in [1.82, 2.24) is 4.90 Å². The molecule has 1 N–H and O–H groups in total. The number of anilines is 2. The number of hydrogen-bond donors (Lipinski definition) is 1. The second kappa shape index (κ2) is 10.2. The van der Waals surface area contributed by atoms with Crippen molar-refractivity contribution in [3.63, 3.8) is 0 Å². The zero-order valence-electron chi connectivity index (χ0n) is 19.1. The highest BCUT2D eigenvalue weighted by atomic mass is 16.5. The average molecular weight is 444 g/mol. The van der Waals surface area contributed by atoms with Crippen LogP contribution in [0.1, 0.15) is 23.1 Å². The van der Waals surface area contributed by atoms with E-state index in [1.165, 1.54) is 5.56 Å². The molecule has 3 amide bonds. The van der Waals surface area contributed by atoms with Crippen molar-refractivity contribution in [2.45, 2.75) is 26.3 Å². The first-order valence-corrected chi connectivity index (χ1v) is 11.2. The van der Waals surface area contributed by atoms with Gasteiger partial charge in [0.15, 0.2) is 0 Å². The lowest BCUT2D eigenvalue weighted by Crippen LogP contribution is -2.49. The number of hydrogen-bond acceptors (Lipinski definition) is 3. The molecule has 0 spiro atoms. The minimum Gasteiger partial charge on any atom is -0.497 e. The highest BCUT2D eigenvalue weighted by molar-refractivity contribution is 5.95. The number of nitrogens with one attached hydrogen (secondary N) is 1. The zero-order valence-corrected chi connectivity index (χ0v) is 19.1. The Hall–Kier alpha value is -3.80. The highest BCUT2D eigenvalue weighted by Gasteiger charge is 2.27. The van der Waals surface area contributed by atoms with Crippen molar-refractivity contribution in [2.24, 2.45) is 0 Å². The van der Waals surface area contributed by atoms with Gasteiger partial charge in [0.1, 0.15) is 5.75 Å². The van der Waals surface area contributed by atoms with Gasteiger partial charge in [-0.05, 0) is 54.8 Å². The van der Waals surface area contributed by atoms with Gasteiger partial charge in [-0.25, -0.2) is 4.79 Å². The molecule has 3 aromatic carbocycles. The number of benzene rings is 3. The van der Waals surface area contributed by atoms with Gasteiger partial charge in [0.25, 0.3) is 0 Å². The Morgan fingerprint density at radius 1 is 0.970 bits per heavy atom. The van der Waals surface area contributed by atoms with Crippen LogP contribution in [0.5, 0.6) is 5.75 Å². The number of rotatable bonds is 7. The fourth-order valence-corrected chi connectivity index (χ4v) is 4.01. The Balaban J connectivity index is 1.42. The molecule has 0 aromatic heterocycles. The molecule has 0 unspecified atom stereocenters. The lowest BCUT2D eigenvalue weighted by atomic mass is 10.1. The third-order valence-corrected chi connectivity index (χ3v) is 5.75. The van der Waals surface area contributed by atoms with Gasteiger partial charge < -0.3 is 15.0 Å². The molecule has 0 bridgehead atoms. The second-order valence-electron chi connectivity index (χ2n) is 8.32. The van der Waals surface area contributed by atoms with Crippen molar-refractivity contribution < 1.29 is 14.3 Å². The molecule has 1 fully saturated rings. The largest absolute Gasteiger partial charge is 0.497 e. The molecule has 3 aromatic rings. The van der Waals surface area contributed by atoms with Gasteiger partial charge in [-0.3, -0.25) is 9.69 Å². The summed E-state index contributed by atoms with van der Waals surface area (Å²) in [7, 11) is 1.61. The van der Waals surface area contributed by atoms with E-state index in [1.54, 1.807) is 12.0 Å². The number of methoxy groups -OCH3 is 1. The quantitative estimate of drug-likeness (QED) is 0.558. The van der Waals surface area contributed by atoms with Gasteiger partial charge in [-0.1, -0.05) is 48.0 Å². The predicted octanol–water partition coefficient (Wildman–Crippen LogP) is 5.02. The fraction of sp³-hybridized carbons (Fsp3) is 0.259. The van der Waals surface area contributed by atoms with Gasteiger partial charge >= 0.3 is 6.03 Å². The summed E-state index contributed by atoms with van der Waals surface area (Å²) in [5, 5.41) is 2.95. The standard InChI is InChI=1S/C27H29N3O3/c1-20-10-12-21(13-11-20)19-29-14-5-15-30(27(29)32)24-8-4-7-23(18-24)28-26(31)17-22-6-3-9-25(16-22)33-2/h3-4,6-13,16,18H,5,14-15,17,19H2,1-2H3,(H,28,31). The van der Waals surface area contributed by atoms with E-state index >= 15 is 0 Å². The fourth-order valence-electron chi connectivity index (χ4n) is 4.01. The summed E-state index contributed by atoms with van der Waals surface area (Å²) in [6.45, 7) is 4.04. The van der Waals surface area contributed by atoms with Gasteiger partial charge in [0.05, 0.1) is 13.5 Å². The SMILES string of the molecule is COc1cccc(CC(=O)Nc2cccc(N3CCCN(Cc4ccc(C)cc4)C3=O)c2)c1. The topological polar surface area (TPSA) is 61.9 Å². The third-order valence-electron chi connectivity index (χ3n) is 5.75. The van der Waals surface area contributed by atoms with Crippen LogP contribution in [0.2, 0.25) is 0 Å². The molecule has 33 heavy (non-hydrogen) atoms. The first-order valence-electron chi connectivity index (χ1n) is 11.2. The molecule has 170 valence electrons. The number of amides is 3. The Morgan fingerprint density at radius 2 is 1.76 bits per heavy atom. The van der Waals surface area contributed by atoms with Crippen LogP contribution in [0.3, 0.4) is 0 Å². The lowest BCUT2D eigenvalue weighted by Gasteiger charge is -2.36. The highest BCUT2D eigenvalue weighted by Crippen LogP contribution is 2.25. The van der Waals surface area contributed by atoms with Crippen LogP contribution in [0.4, 0.5) is 16.2 Å². The van der Waals surface area contributed by atoms with E-state index in [4.69, 9.17) is 4.74 Å². The van der Waals surface area contributed by atoms with Gasteiger partial charge in [-0.15, -0.1) is 0 Å². The Morgan fingerprint density at radius 3 is 2.55 bits per heavy atom. The molecule has 1 saturated heterocycles. The monoisotopic (exact) mass is 443 g/mol. The maximum Gasteiger partial charge on any atom is 0.324 e. The molecule has 1 heterocycles. The average Bonchev–Trinajstić information content (AvgIpc) is 2.82. The van der Waals surface area contributed by atoms with Gasteiger partial charge in [0, 0.05) is 31.0 Å². The molecule has 0 atom stereocenters. The third kappa shape index (κ3) is 5.71. The Labute approximate surface area is 194 Å². The summed E-state index contributed by atoms with van der Waals surface area (Å²) in [5.41, 5.74) is 4.66. The summed E-state index contributed by atoms with van der Waals surface area (Å²) < 4.78 is 5.23. The minimum atomic E-state index is -0.119. The smallest absolute Gasteiger partial charge is 0.324 e. The number of carbonyl (C=O) groups is 2. The summed E-state index contributed by atoms with van der Waals surface area (Å²) in [6, 6.07) is 23.2. The van der Waals surface area contributed by atoms with Crippen LogP contribution in [-0.2, 0) is 17.8 Å². The lowest BCUT2D eigenvalue weighted by molar-refractivity contribution is -0.115. The Kier molecular flexibility index (Phi) is 6.93. The van der Waals surface area contributed by atoms with Crippen molar-refractivity contribution in [3.05, 3.63) is 89.5 Å². The van der Waals surface area contributed by atoms with Gasteiger partial charge in [-0.2, -0.15) is 0 Å². The number of aryl methyl sites for hydroxylation is 1. The number of ether oxygens (including phenoxy) is 1. The van der Waals surface area contributed by atoms with E-state index in [9.17, 15) is 9.59 Å². The molecule has 0 radical (unpaired) electrons.